The molecule has 2 unspecified atom stereocenters. The molecule has 1 aromatic heterocycles. The van der Waals surface area contributed by atoms with Crippen LogP contribution in [0.15, 0.2) is 6.07 Å². The first-order chi connectivity index (χ1) is 9.15. The van der Waals surface area contributed by atoms with Gasteiger partial charge in [0.25, 0.3) is 5.88 Å². The Morgan fingerprint density at radius 2 is 2.05 bits per heavy atom. The molecule has 1 N–H and O–H groups in total. The zero-order valence-corrected chi connectivity index (χ0v) is 11.4. The van der Waals surface area contributed by atoms with Crippen LogP contribution in [0.1, 0.15) is 39.0 Å². The van der Waals surface area contributed by atoms with E-state index in [0.717, 1.165) is 31.7 Å². The Kier molecular flexibility index (Phi) is 4.56. The van der Waals surface area contributed by atoms with Crippen LogP contribution in [0.25, 0.3) is 0 Å². The second-order valence-electron chi connectivity index (χ2n) is 4.96. The lowest BCUT2D eigenvalue weighted by Gasteiger charge is -2.30. The SMILES string of the molecule is CCC1CCCCC1Oc1nc(NC)c(F)cc1F. The zero-order valence-electron chi connectivity index (χ0n) is 11.4. The first kappa shape index (κ1) is 14.0. The third-order valence-corrected chi connectivity index (χ3v) is 3.76. The van der Waals surface area contributed by atoms with Crippen molar-refractivity contribution in [3.05, 3.63) is 17.7 Å². The molecular weight excluding hydrogens is 250 g/mol. The number of halogens is 2. The van der Waals surface area contributed by atoms with E-state index in [-0.39, 0.29) is 17.8 Å². The summed E-state index contributed by atoms with van der Waals surface area (Å²) in [7, 11) is 1.54. The summed E-state index contributed by atoms with van der Waals surface area (Å²) < 4.78 is 32.7. The van der Waals surface area contributed by atoms with Gasteiger partial charge in [-0.15, -0.1) is 0 Å². The third kappa shape index (κ3) is 3.14. The molecule has 1 aliphatic rings. The molecule has 5 heteroatoms. The molecule has 106 valence electrons. The smallest absolute Gasteiger partial charge is 0.252 e. The molecule has 2 atom stereocenters. The number of aromatic nitrogens is 1. The van der Waals surface area contributed by atoms with E-state index in [1.54, 1.807) is 7.05 Å². The summed E-state index contributed by atoms with van der Waals surface area (Å²) in [5.74, 6) is -1.10. The molecular formula is C14H20F2N2O. The molecule has 3 nitrogen and oxygen atoms in total. The maximum atomic E-state index is 13.7. The van der Waals surface area contributed by atoms with Crippen molar-refractivity contribution in [2.45, 2.75) is 45.1 Å². The van der Waals surface area contributed by atoms with Crippen LogP contribution in [0.3, 0.4) is 0 Å². The van der Waals surface area contributed by atoms with Crippen LogP contribution < -0.4 is 10.1 Å². The molecule has 1 heterocycles. The summed E-state index contributed by atoms with van der Waals surface area (Å²) in [5.41, 5.74) is 0. The Morgan fingerprint density at radius 1 is 1.32 bits per heavy atom. The van der Waals surface area contributed by atoms with E-state index in [0.29, 0.717) is 5.92 Å². The molecule has 0 spiro atoms. The minimum atomic E-state index is -0.739. The summed E-state index contributed by atoms with van der Waals surface area (Å²) in [6.45, 7) is 2.11. The third-order valence-electron chi connectivity index (χ3n) is 3.76. The highest BCUT2D eigenvalue weighted by atomic mass is 19.1. The van der Waals surface area contributed by atoms with Gasteiger partial charge in [0, 0.05) is 13.1 Å². The molecule has 2 rings (SSSR count). The number of rotatable bonds is 4. The van der Waals surface area contributed by atoms with Gasteiger partial charge < -0.3 is 10.1 Å². The van der Waals surface area contributed by atoms with E-state index in [1.165, 1.54) is 6.42 Å². The maximum absolute atomic E-state index is 13.7. The van der Waals surface area contributed by atoms with Crippen LogP contribution in [0, 0.1) is 17.6 Å². The molecule has 1 saturated carbocycles. The van der Waals surface area contributed by atoms with E-state index in [1.807, 2.05) is 0 Å². The highest BCUT2D eigenvalue weighted by Crippen LogP contribution is 2.31. The fraction of sp³-hybridized carbons (Fsp3) is 0.643. The molecule has 1 aliphatic carbocycles. The van der Waals surface area contributed by atoms with Gasteiger partial charge in [-0.05, 0) is 31.6 Å². The number of nitrogens with one attached hydrogen (secondary N) is 1. The first-order valence-electron chi connectivity index (χ1n) is 6.86. The second kappa shape index (κ2) is 6.17. The lowest BCUT2D eigenvalue weighted by molar-refractivity contribution is 0.0814. The van der Waals surface area contributed by atoms with Crippen LogP contribution in [0.2, 0.25) is 0 Å². The summed E-state index contributed by atoms with van der Waals surface area (Å²) in [6, 6.07) is 0.817. The predicted octanol–water partition coefficient (Wildman–Crippen LogP) is 3.75. The molecule has 1 aromatic rings. The largest absolute Gasteiger partial charge is 0.472 e. The normalized spacial score (nSPS) is 23.2. The van der Waals surface area contributed by atoms with Crippen LogP contribution in [-0.2, 0) is 0 Å². The Hall–Kier alpha value is -1.39. The Balaban J connectivity index is 2.17. The summed E-state index contributed by atoms with van der Waals surface area (Å²) in [6.07, 6.45) is 5.28. The number of hydrogen-bond acceptors (Lipinski definition) is 3. The van der Waals surface area contributed by atoms with Gasteiger partial charge in [-0.3, -0.25) is 0 Å². The molecule has 1 fully saturated rings. The van der Waals surface area contributed by atoms with Crippen molar-refractivity contribution in [1.82, 2.24) is 4.98 Å². The minimum absolute atomic E-state index is 0.0141. The molecule has 0 amide bonds. The number of pyridine rings is 1. The summed E-state index contributed by atoms with van der Waals surface area (Å²) >= 11 is 0. The van der Waals surface area contributed by atoms with Crippen LogP contribution in [-0.4, -0.2) is 18.1 Å². The first-order valence-corrected chi connectivity index (χ1v) is 6.86. The molecule has 0 radical (unpaired) electrons. The van der Waals surface area contributed by atoms with E-state index < -0.39 is 11.6 Å². The van der Waals surface area contributed by atoms with E-state index in [9.17, 15) is 8.78 Å². The Labute approximate surface area is 112 Å². The zero-order chi connectivity index (χ0) is 13.8. The highest BCUT2D eigenvalue weighted by Gasteiger charge is 2.27. The monoisotopic (exact) mass is 270 g/mol. The number of anilines is 1. The minimum Gasteiger partial charge on any atom is -0.472 e. The maximum Gasteiger partial charge on any atom is 0.252 e. The van der Waals surface area contributed by atoms with Crippen molar-refractivity contribution in [3.63, 3.8) is 0 Å². The highest BCUT2D eigenvalue weighted by molar-refractivity contribution is 5.39. The lowest BCUT2D eigenvalue weighted by Crippen LogP contribution is -2.30. The van der Waals surface area contributed by atoms with Gasteiger partial charge in [-0.25, -0.2) is 8.78 Å². The van der Waals surface area contributed by atoms with Crippen molar-refractivity contribution >= 4 is 5.82 Å². The quantitative estimate of drug-likeness (QED) is 0.904. The standard InChI is InChI=1S/C14H20F2N2O/c1-3-9-6-4-5-7-12(9)19-14-11(16)8-10(15)13(17-2)18-14/h8-9,12H,3-7H2,1-2H3,(H,17,18). The molecule has 0 saturated heterocycles. The fourth-order valence-electron chi connectivity index (χ4n) is 2.65. The van der Waals surface area contributed by atoms with Crippen molar-refractivity contribution in [2.75, 3.05) is 12.4 Å². The van der Waals surface area contributed by atoms with Crippen molar-refractivity contribution in [1.29, 1.82) is 0 Å². The van der Waals surface area contributed by atoms with Crippen molar-refractivity contribution in [2.24, 2.45) is 5.92 Å². The van der Waals surface area contributed by atoms with E-state index in [4.69, 9.17) is 4.74 Å². The predicted molar refractivity (Wildman–Crippen MR) is 70.4 cm³/mol. The number of hydrogen-bond donors (Lipinski definition) is 1. The molecule has 0 aliphatic heterocycles. The topological polar surface area (TPSA) is 34.1 Å². The van der Waals surface area contributed by atoms with Crippen molar-refractivity contribution in [3.8, 4) is 5.88 Å². The van der Waals surface area contributed by atoms with Gasteiger partial charge in [0.1, 0.15) is 6.10 Å². The second-order valence-corrected chi connectivity index (χ2v) is 4.96. The Morgan fingerprint density at radius 3 is 2.74 bits per heavy atom. The van der Waals surface area contributed by atoms with E-state index in [2.05, 4.69) is 17.2 Å². The van der Waals surface area contributed by atoms with Gasteiger partial charge >= 0.3 is 0 Å². The van der Waals surface area contributed by atoms with Gasteiger partial charge in [0.2, 0.25) is 0 Å². The fourth-order valence-corrected chi connectivity index (χ4v) is 2.65. The Bertz CT molecular complexity index is 440. The van der Waals surface area contributed by atoms with Crippen LogP contribution in [0.5, 0.6) is 5.88 Å². The molecule has 0 aromatic carbocycles. The number of ether oxygens (including phenoxy) is 1. The van der Waals surface area contributed by atoms with Gasteiger partial charge in [0.15, 0.2) is 17.5 Å². The van der Waals surface area contributed by atoms with Gasteiger partial charge in [0.05, 0.1) is 0 Å². The molecule has 19 heavy (non-hydrogen) atoms. The van der Waals surface area contributed by atoms with E-state index >= 15 is 0 Å². The summed E-state index contributed by atoms with van der Waals surface area (Å²) in [4.78, 5) is 3.87. The van der Waals surface area contributed by atoms with Gasteiger partial charge in [-0.1, -0.05) is 13.3 Å². The van der Waals surface area contributed by atoms with Crippen LogP contribution in [0.4, 0.5) is 14.6 Å². The van der Waals surface area contributed by atoms with Crippen molar-refractivity contribution < 1.29 is 13.5 Å². The lowest BCUT2D eigenvalue weighted by atomic mass is 9.85. The van der Waals surface area contributed by atoms with Gasteiger partial charge in [-0.2, -0.15) is 4.98 Å². The summed E-state index contributed by atoms with van der Waals surface area (Å²) in [5, 5.41) is 2.59. The van der Waals surface area contributed by atoms with Crippen LogP contribution >= 0.6 is 0 Å². The molecule has 0 bridgehead atoms. The average Bonchev–Trinajstić information content (AvgIpc) is 2.42. The number of nitrogens with zero attached hydrogens (tertiary/aromatic N) is 1. The average molecular weight is 270 g/mol.